The molecule has 1 fully saturated rings. The maximum atomic E-state index is 9.52. The van der Waals surface area contributed by atoms with Crippen LogP contribution < -0.4 is 5.32 Å². The number of carbonyl (C=O) groups excluding carboxylic acids is 2. The summed E-state index contributed by atoms with van der Waals surface area (Å²) in [6.45, 7) is 8.78. The second-order valence-electron chi connectivity index (χ2n) is 9.00. The number of hydrogen-bond donors (Lipinski definition) is 5. The molecule has 12 heteroatoms. The molecule has 0 bridgehead atoms. The number of H-pyrrole nitrogens is 1. The Morgan fingerprint density at radius 3 is 2.41 bits per heavy atom. The van der Waals surface area contributed by atoms with Gasteiger partial charge in [0.2, 0.25) is 5.95 Å². The van der Waals surface area contributed by atoms with Crippen molar-refractivity contribution in [3.63, 3.8) is 0 Å². The zero-order valence-electron chi connectivity index (χ0n) is 21.5. The van der Waals surface area contributed by atoms with E-state index in [2.05, 4.69) is 58.2 Å². The highest BCUT2D eigenvalue weighted by Gasteiger charge is 2.17. The van der Waals surface area contributed by atoms with Gasteiger partial charge in [-0.25, -0.2) is 19.7 Å². The fraction of sp³-hybridized carbons (Fsp3) is 0.480. The predicted molar refractivity (Wildman–Crippen MR) is 136 cm³/mol. The van der Waals surface area contributed by atoms with Gasteiger partial charge in [0.25, 0.3) is 0 Å². The van der Waals surface area contributed by atoms with Crippen LogP contribution in [0.2, 0.25) is 0 Å². The number of hydrogen-bond acceptors (Lipinski definition) is 10. The number of likely N-dealkylation sites (tertiary alicyclic amines) is 1. The van der Waals surface area contributed by atoms with Crippen LogP contribution in [0.15, 0.2) is 18.3 Å². The monoisotopic (exact) mass is 514 g/mol. The molecule has 1 aliphatic rings. The number of rotatable bonds is 6. The number of carbonyl (C=O) groups is 1. The summed E-state index contributed by atoms with van der Waals surface area (Å²) in [5.41, 5.74) is 6.38. The van der Waals surface area contributed by atoms with Gasteiger partial charge in [-0.15, -0.1) is 0 Å². The number of aliphatic hydroxyl groups excluding tert-OH is 2. The first-order valence-corrected chi connectivity index (χ1v) is 11.8. The summed E-state index contributed by atoms with van der Waals surface area (Å²) in [5.74, 6) is 0.838. The van der Waals surface area contributed by atoms with Crippen LogP contribution >= 0.6 is 0 Å². The second kappa shape index (κ2) is 14.1. The van der Waals surface area contributed by atoms with Crippen LogP contribution in [-0.4, -0.2) is 91.7 Å². The van der Waals surface area contributed by atoms with Gasteiger partial charge in [0, 0.05) is 12.7 Å². The summed E-state index contributed by atoms with van der Waals surface area (Å²) in [7, 11) is 2.19. The minimum absolute atomic E-state index is 0.250. The summed E-state index contributed by atoms with van der Waals surface area (Å²) < 4.78 is 0. The number of aliphatic carboxylic acids is 1. The first-order chi connectivity index (χ1) is 17.6. The predicted octanol–water partition coefficient (Wildman–Crippen LogP) is 1.54. The Labute approximate surface area is 214 Å². The van der Waals surface area contributed by atoms with E-state index in [-0.39, 0.29) is 6.15 Å². The summed E-state index contributed by atoms with van der Waals surface area (Å²) in [6, 6.07) is 4.29. The molecular weight excluding hydrogens is 480 g/mol. The van der Waals surface area contributed by atoms with Crippen molar-refractivity contribution in [1.29, 1.82) is 0 Å². The Bertz CT molecular complexity index is 1220. The molecule has 1 saturated heterocycles. The maximum Gasteiger partial charge on any atom is 0.373 e. The summed E-state index contributed by atoms with van der Waals surface area (Å²) in [4.78, 5) is 45.6. The van der Waals surface area contributed by atoms with Gasteiger partial charge in [-0.3, -0.25) is 0 Å². The molecule has 0 amide bonds. The topological polar surface area (TPSA) is 182 Å². The number of aromatic nitrogens is 4. The smallest absolute Gasteiger partial charge is 0.373 e. The number of benzene rings is 1. The number of nitrogens with zero attached hydrogens (tertiary/aromatic N) is 4. The number of imidazole rings is 1. The minimum atomic E-state index is -1.63. The molecule has 4 rings (SSSR count). The first-order valence-electron chi connectivity index (χ1n) is 11.8. The van der Waals surface area contributed by atoms with Gasteiger partial charge in [-0.2, -0.15) is 9.59 Å². The summed E-state index contributed by atoms with van der Waals surface area (Å²) in [6.07, 6.45) is 2.97. The molecular formula is C25H34N6O6. The van der Waals surface area contributed by atoms with E-state index in [1.54, 1.807) is 0 Å². The molecule has 1 atom stereocenters. The van der Waals surface area contributed by atoms with E-state index in [1.165, 1.54) is 37.1 Å². The van der Waals surface area contributed by atoms with E-state index < -0.39 is 18.7 Å². The number of aromatic amines is 1. The van der Waals surface area contributed by atoms with Crippen LogP contribution in [0.25, 0.3) is 22.4 Å². The lowest BCUT2D eigenvalue weighted by Crippen LogP contribution is -2.33. The van der Waals surface area contributed by atoms with E-state index in [0.29, 0.717) is 11.9 Å². The molecule has 3 aromatic rings. The van der Waals surface area contributed by atoms with Crippen molar-refractivity contribution < 1.29 is 29.7 Å². The molecule has 0 saturated carbocycles. The Hall–Kier alpha value is -3.70. The van der Waals surface area contributed by atoms with Crippen LogP contribution in [0.5, 0.6) is 0 Å². The van der Waals surface area contributed by atoms with Gasteiger partial charge in [0.1, 0.15) is 5.82 Å². The van der Waals surface area contributed by atoms with Crippen LogP contribution in [0.1, 0.15) is 29.7 Å². The van der Waals surface area contributed by atoms with Crippen molar-refractivity contribution in [2.24, 2.45) is 5.92 Å². The quantitative estimate of drug-likeness (QED) is 0.322. The number of nitrogens with one attached hydrogen (secondary N) is 2. The van der Waals surface area contributed by atoms with Crippen LogP contribution in [0.3, 0.4) is 0 Å². The van der Waals surface area contributed by atoms with Crippen molar-refractivity contribution in [1.82, 2.24) is 24.8 Å². The van der Waals surface area contributed by atoms with Gasteiger partial charge in [-0.1, -0.05) is 6.07 Å². The summed E-state index contributed by atoms with van der Waals surface area (Å²) in [5, 5.41) is 27.2. The van der Waals surface area contributed by atoms with E-state index in [4.69, 9.17) is 29.9 Å². The summed E-state index contributed by atoms with van der Waals surface area (Å²) >= 11 is 0. The molecule has 1 aliphatic heterocycles. The molecule has 5 N–H and O–H groups in total. The molecule has 200 valence electrons. The third kappa shape index (κ3) is 8.72. The highest BCUT2D eigenvalue weighted by Crippen LogP contribution is 2.25. The average molecular weight is 515 g/mol. The molecule has 12 nitrogen and oxygen atoms in total. The van der Waals surface area contributed by atoms with Crippen LogP contribution in [0.4, 0.5) is 5.95 Å². The maximum absolute atomic E-state index is 9.52. The average Bonchev–Trinajstić information content (AvgIpc) is 3.28. The molecule has 0 unspecified atom stereocenters. The Morgan fingerprint density at radius 2 is 1.86 bits per heavy atom. The van der Waals surface area contributed by atoms with Gasteiger partial charge in [0.15, 0.2) is 6.10 Å². The molecule has 37 heavy (non-hydrogen) atoms. The fourth-order valence-corrected chi connectivity index (χ4v) is 3.96. The zero-order chi connectivity index (χ0) is 27.5. The third-order valence-electron chi connectivity index (χ3n) is 6.00. The lowest BCUT2D eigenvalue weighted by Gasteiger charge is -2.28. The molecule has 1 aromatic carbocycles. The lowest BCUT2D eigenvalue weighted by molar-refractivity contribution is -0.191. The normalized spacial score (nSPS) is 14.5. The van der Waals surface area contributed by atoms with Gasteiger partial charge >= 0.3 is 12.1 Å². The highest BCUT2D eigenvalue weighted by molar-refractivity contribution is 5.83. The van der Waals surface area contributed by atoms with Crippen molar-refractivity contribution in [2.75, 3.05) is 38.6 Å². The zero-order valence-corrected chi connectivity index (χ0v) is 21.5. The number of aliphatic hydroxyl groups is 2. The molecule has 2 aromatic heterocycles. The molecule has 3 heterocycles. The van der Waals surface area contributed by atoms with Crippen molar-refractivity contribution in [3.8, 4) is 11.4 Å². The van der Waals surface area contributed by atoms with Crippen molar-refractivity contribution >= 4 is 29.1 Å². The number of carboxylic acids is 1. The van der Waals surface area contributed by atoms with Gasteiger partial charge in [-0.05, 0) is 76.9 Å². The first kappa shape index (κ1) is 29.5. The number of fused-ring (bicyclic) bond motifs is 1. The van der Waals surface area contributed by atoms with Crippen LogP contribution in [0, 0.1) is 26.7 Å². The second-order valence-corrected chi connectivity index (χ2v) is 9.00. The SMILES string of the molecule is Cc1cc(C)c2nc(-c3cnc(NCC4CCN(C)CC4)nc3C)[nH]c2c1.O=C(O)[C@H](O)CO.O=C=O. The van der Waals surface area contributed by atoms with Crippen LogP contribution in [-0.2, 0) is 14.4 Å². The van der Waals surface area contributed by atoms with E-state index in [0.717, 1.165) is 34.7 Å². The third-order valence-corrected chi connectivity index (χ3v) is 6.00. The highest BCUT2D eigenvalue weighted by atomic mass is 16.4. The number of piperidine rings is 1. The van der Waals surface area contributed by atoms with Gasteiger partial charge in [0.05, 0.1) is 28.9 Å². The number of anilines is 1. The molecule has 0 aliphatic carbocycles. The number of aryl methyl sites for hydroxylation is 3. The Morgan fingerprint density at radius 1 is 1.22 bits per heavy atom. The lowest BCUT2D eigenvalue weighted by atomic mass is 9.97. The van der Waals surface area contributed by atoms with Gasteiger partial charge < -0.3 is 30.5 Å². The van der Waals surface area contributed by atoms with E-state index in [1.807, 2.05) is 13.1 Å². The van der Waals surface area contributed by atoms with E-state index in [9.17, 15) is 4.79 Å². The largest absolute Gasteiger partial charge is 0.479 e. The Kier molecular flexibility index (Phi) is 11.3. The Balaban J connectivity index is 0.000000413. The van der Waals surface area contributed by atoms with E-state index >= 15 is 0 Å². The van der Waals surface area contributed by atoms with Crippen molar-refractivity contribution in [3.05, 3.63) is 35.2 Å². The van der Waals surface area contributed by atoms with Crippen molar-refractivity contribution in [2.45, 2.75) is 39.7 Å². The number of carboxylic acid groups (broad SMARTS) is 1. The standard InChI is InChI=1S/C21H28N6.C3H6O4.CO2/c1-13-9-14(2)19-18(10-13)25-20(26-19)17-12-23-21(24-15(17)3)22-11-16-5-7-27(4)8-6-16;4-1-2(5)3(6)7;2-1-3/h9-10,12,16H,5-8,11H2,1-4H3,(H,25,26)(H,22,23,24);2,4-5H,1H2,(H,6,7);/t;2-;/m.1./s1. The molecule has 0 spiro atoms. The molecule has 0 radical (unpaired) electrons. The fourth-order valence-electron chi connectivity index (χ4n) is 3.96. The minimum Gasteiger partial charge on any atom is -0.479 e.